The van der Waals surface area contributed by atoms with Crippen molar-refractivity contribution in [3.8, 4) is 11.4 Å². The van der Waals surface area contributed by atoms with Crippen molar-refractivity contribution in [2.75, 3.05) is 5.73 Å². The molecule has 0 unspecified atom stereocenters. The van der Waals surface area contributed by atoms with Crippen LogP contribution in [0, 0.1) is 13.8 Å². The maximum atomic E-state index is 6.14. The fourth-order valence-corrected chi connectivity index (χ4v) is 3.53. The summed E-state index contributed by atoms with van der Waals surface area (Å²) >= 11 is 1.65. The van der Waals surface area contributed by atoms with Gasteiger partial charge in [0.15, 0.2) is 5.82 Å². The largest absolute Gasteiger partial charge is 0.390 e. The second kappa shape index (κ2) is 4.39. The van der Waals surface area contributed by atoms with Crippen LogP contribution in [0.1, 0.15) is 35.5 Å². The summed E-state index contributed by atoms with van der Waals surface area (Å²) in [4.78, 5) is 1.27. The Bertz CT molecular complexity index is 582. The number of aromatic nitrogens is 3. The minimum atomic E-state index is 0.865. The van der Waals surface area contributed by atoms with Crippen molar-refractivity contribution >= 4 is 16.3 Å². The quantitative estimate of drug-likeness (QED) is 0.859. The Balaban J connectivity index is 2.15. The lowest BCUT2D eigenvalue weighted by molar-refractivity contribution is 0.636. The summed E-state index contributed by atoms with van der Waals surface area (Å²) in [5.74, 6) is 2.08. The Morgan fingerprint density at radius 2 is 2.00 bits per heavy atom. The average molecular weight is 262 g/mol. The molecule has 0 saturated heterocycles. The van der Waals surface area contributed by atoms with E-state index in [1.807, 2.05) is 0 Å². The standard InChI is InChI=1S/C13H18N4S/c1-8-9(2)18-12(14)11(8)13-16-15-10-6-4-3-5-7-17(10)13/h3-7,14H2,1-2H3. The summed E-state index contributed by atoms with van der Waals surface area (Å²) in [5, 5.41) is 9.60. The highest BCUT2D eigenvalue weighted by Gasteiger charge is 2.21. The maximum absolute atomic E-state index is 6.14. The lowest BCUT2D eigenvalue weighted by Crippen LogP contribution is -2.04. The van der Waals surface area contributed by atoms with Crippen LogP contribution in [-0.2, 0) is 13.0 Å². The SMILES string of the molecule is Cc1sc(N)c(-c2nnc3n2CCCCC3)c1C. The fraction of sp³-hybridized carbons (Fsp3) is 0.538. The third-order valence-corrected chi connectivity index (χ3v) is 4.78. The van der Waals surface area contributed by atoms with Gasteiger partial charge in [-0.3, -0.25) is 0 Å². The summed E-state index contributed by atoms with van der Waals surface area (Å²) in [6.45, 7) is 5.25. The number of nitrogens with zero attached hydrogens (tertiary/aromatic N) is 3. The zero-order valence-electron chi connectivity index (χ0n) is 10.9. The topological polar surface area (TPSA) is 56.7 Å². The highest BCUT2D eigenvalue weighted by molar-refractivity contribution is 7.16. The first-order chi connectivity index (χ1) is 8.68. The highest BCUT2D eigenvalue weighted by atomic mass is 32.1. The van der Waals surface area contributed by atoms with Gasteiger partial charge in [0.05, 0.1) is 10.6 Å². The van der Waals surface area contributed by atoms with E-state index in [0.717, 1.165) is 35.2 Å². The lowest BCUT2D eigenvalue weighted by Gasteiger charge is -2.07. The third-order valence-electron chi connectivity index (χ3n) is 3.75. The van der Waals surface area contributed by atoms with Crippen molar-refractivity contribution in [2.24, 2.45) is 0 Å². The number of anilines is 1. The molecular weight excluding hydrogens is 244 g/mol. The first-order valence-corrected chi connectivity index (χ1v) is 7.28. The molecule has 1 aliphatic heterocycles. The van der Waals surface area contributed by atoms with E-state index in [-0.39, 0.29) is 0 Å². The van der Waals surface area contributed by atoms with Gasteiger partial charge in [0, 0.05) is 17.8 Å². The van der Waals surface area contributed by atoms with Gasteiger partial charge in [-0.2, -0.15) is 0 Å². The Kier molecular flexibility index (Phi) is 2.86. The van der Waals surface area contributed by atoms with Gasteiger partial charge in [-0.05, 0) is 32.3 Å². The molecule has 1 aliphatic rings. The van der Waals surface area contributed by atoms with Crippen LogP contribution in [0.2, 0.25) is 0 Å². The third kappa shape index (κ3) is 1.73. The number of hydrogen-bond acceptors (Lipinski definition) is 4. The van der Waals surface area contributed by atoms with Gasteiger partial charge in [-0.15, -0.1) is 21.5 Å². The summed E-state index contributed by atoms with van der Waals surface area (Å²) in [6, 6.07) is 0. The summed E-state index contributed by atoms with van der Waals surface area (Å²) in [7, 11) is 0. The van der Waals surface area contributed by atoms with Crippen LogP contribution in [0.15, 0.2) is 0 Å². The second-order valence-corrected chi connectivity index (χ2v) is 6.18. The molecule has 0 spiro atoms. The van der Waals surface area contributed by atoms with Gasteiger partial charge < -0.3 is 10.3 Å². The number of rotatable bonds is 1. The molecule has 18 heavy (non-hydrogen) atoms. The molecule has 2 aromatic rings. The molecule has 0 bridgehead atoms. The number of nitrogens with two attached hydrogens (primary N) is 1. The molecule has 0 radical (unpaired) electrons. The summed E-state index contributed by atoms with van der Waals surface area (Å²) in [5.41, 5.74) is 8.49. The number of fused-ring (bicyclic) bond motifs is 1. The van der Waals surface area contributed by atoms with Crippen molar-refractivity contribution in [1.29, 1.82) is 0 Å². The molecule has 0 saturated carbocycles. The van der Waals surface area contributed by atoms with E-state index in [9.17, 15) is 0 Å². The van der Waals surface area contributed by atoms with E-state index < -0.39 is 0 Å². The normalized spacial score (nSPS) is 15.4. The Morgan fingerprint density at radius 3 is 2.72 bits per heavy atom. The second-order valence-electron chi connectivity index (χ2n) is 4.92. The van der Waals surface area contributed by atoms with Gasteiger partial charge in [0.25, 0.3) is 0 Å². The Morgan fingerprint density at radius 1 is 1.17 bits per heavy atom. The number of aryl methyl sites for hydroxylation is 2. The highest BCUT2D eigenvalue weighted by Crippen LogP contribution is 2.37. The molecule has 0 amide bonds. The Hall–Kier alpha value is -1.36. The van der Waals surface area contributed by atoms with E-state index in [0.29, 0.717) is 0 Å². The van der Waals surface area contributed by atoms with Crippen LogP contribution in [0.4, 0.5) is 5.00 Å². The van der Waals surface area contributed by atoms with Crippen LogP contribution >= 0.6 is 11.3 Å². The first-order valence-electron chi connectivity index (χ1n) is 6.46. The van der Waals surface area contributed by atoms with E-state index >= 15 is 0 Å². The molecule has 0 aliphatic carbocycles. The molecule has 3 rings (SSSR count). The van der Waals surface area contributed by atoms with Gasteiger partial charge in [0.2, 0.25) is 0 Å². The molecule has 3 heterocycles. The number of thiophene rings is 1. The summed E-state index contributed by atoms with van der Waals surface area (Å²) < 4.78 is 2.26. The average Bonchev–Trinajstić information content (AvgIpc) is 2.72. The van der Waals surface area contributed by atoms with Crippen LogP contribution in [-0.4, -0.2) is 14.8 Å². The van der Waals surface area contributed by atoms with Crippen LogP contribution in [0.5, 0.6) is 0 Å². The van der Waals surface area contributed by atoms with Gasteiger partial charge in [-0.25, -0.2) is 0 Å². The smallest absolute Gasteiger partial charge is 0.167 e. The van der Waals surface area contributed by atoms with Gasteiger partial charge in [-0.1, -0.05) is 6.42 Å². The molecule has 0 fully saturated rings. The van der Waals surface area contributed by atoms with Crippen molar-refractivity contribution < 1.29 is 0 Å². The molecule has 5 heteroatoms. The lowest BCUT2D eigenvalue weighted by atomic mass is 10.1. The molecule has 2 aromatic heterocycles. The molecule has 4 nitrogen and oxygen atoms in total. The van der Waals surface area contributed by atoms with Crippen molar-refractivity contribution in [2.45, 2.75) is 46.1 Å². The van der Waals surface area contributed by atoms with Crippen molar-refractivity contribution in [1.82, 2.24) is 14.8 Å². The molecule has 2 N–H and O–H groups in total. The van der Waals surface area contributed by atoms with E-state index in [2.05, 4.69) is 28.6 Å². The molecular formula is C13H18N4S. The fourth-order valence-electron chi connectivity index (χ4n) is 2.60. The first kappa shape index (κ1) is 11.7. The van der Waals surface area contributed by atoms with Crippen LogP contribution in [0.3, 0.4) is 0 Å². The molecule has 0 aromatic carbocycles. The van der Waals surface area contributed by atoms with Crippen molar-refractivity contribution in [3.63, 3.8) is 0 Å². The number of hydrogen-bond donors (Lipinski definition) is 1. The number of nitrogen functional groups attached to an aromatic ring is 1. The zero-order valence-corrected chi connectivity index (χ0v) is 11.7. The van der Waals surface area contributed by atoms with Gasteiger partial charge in [0.1, 0.15) is 5.82 Å². The minimum absolute atomic E-state index is 0.865. The van der Waals surface area contributed by atoms with E-state index in [1.165, 1.54) is 29.7 Å². The van der Waals surface area contributed by atoms with E-state index in [1.54, 1.807) is 11.3 Å². The molecule has 96 valence electrons. The van der Waals surface area contributed by atoms with Crippen LogP contribution in [0.25, 0.3) is 11.4 Å². The predicted octanol–water partition coefficient (Wildman–Crippen LogP) is 2.93. The predicted molar refractivity (Wildman–Crippen MR) is 74.8 cm³/mol. The van der Waals surface area contributed by atoms with Crippen molar-refractivity contribution in [3.05, 3.63) is 16.3 Å². The Labute approximate surface area is 111 Å². The summed E-state index contributed by atoms with van der Waals surface area (Å²) in [6.07, 6.45) is 4.74. The van der Waals surface area contributed by atoms with E-state index in [4.69, 9.17) is 5.73 Å². The monoisotopic (exact) mass is 262 g/mol. The minimum Gasteiger partial charge on any atom is -0.390 e. The zero-order chi connectivity index (χ0) is 12.7. The van der Waals surface area contributed by atoms with Crippen LogP contribution < -0.4 is 5.73 Å². The molecule has 0 atom stereocenters. The maximum Gasteiger partial charge on any atom is 0.167 e. The van der Waals surface area contributed by atoms with Gasteiger partial charge >= 0.3 is 0 Å².